The Kier molecular flexibility index (Phi) is 2.77. The van der Waals surface area contributed by atoms with Crippen molar-refractivity contribution < 1.29 is 14.3 Å². The van der Waals surface area contributed by atoms with Crippen molar-refractivity contribution in [1.29, 1.82) is 0 Å². The van der Waals surface area contributed by atoms with E-state index in [1.54, 1.807) is 19.2 Å². The highest BCUT2D eigenvalue weighted by Gasteiger charge is 2.30. The Hall–Kier alpha value is -1.64. The van der Waals surface area contributed by atoms with Gasteiger partial charge in [-0.1, -0.05) is 0 Å². The molecule has 3 nitrogen and oxygen atoms in total. The van der Waals surface area contributed by atoms with Gasteiger partial charge in [0.2, 0.25) is 0 Å². The van der Waals surface area contributed by atoms with Crippen molar-refractivity contribution in [2.75, 3.05) is 7.11 Å². The number of fused-ring (bicyclic) bond motifs is 1. The molecule has 1 aliphatic carbocycles. The van der Waals surface area contributed by atoms with Crippen LogP contribution < -0.4 is 4.74 Å². The molecular weight excluding hydrogens is 204 g/mol. The highest BCUT2D eigenvalue weighted by molar-refractivity contribution is 6.11. The minimum Gasteiger partial charge on any atom is -0.497 e. The zero-order valence-electron chi connectivity index (χ0n) is 9.45. The van der Waals surface area contributed by atoms with Crippen molar-refractivity contribution >= 4 is 11.6 Å². The Morgan fingerprint density at radius 3 is 2.81 bits per heavy atom. The minimum absolute atomic E-state index is 0.0357. The highest BCUT2D eigenvalue weighted by Crippen LogP contribution is 2.28. The lowest BCUT2D eigenvalue weighted by Crippen LogP contribution is -2.27. The molecule has 0 bridgehead atoms. The second-order valence-electron chi connectivity index (χ2n) is 4.09. The number of hydrogen-bond donors (Lipinski definition) is 0. The molecule has 1 atom stereocenters. The fraction of sp³-hybridized carbons (Fsp3) is 0.385. The second kappa shape index (κ2) is 4.08. The summed E-state index contributed by atoms with van der Waals surface area (Å²) in [5.74, 6) is 0.233. The van der Waals surface area contributed by atoms with Crippen LogP contribution in [0.25, 0.3) is 0 Å². The van der Waals surface area contributed by atoms with Gasteiger partial charge in [-0.15, -0.1) is 0 Å². The zero-order chi connectivity index (χ0) is 11.7. The second-order valence-corrected chi connectivity index (χ2v) is 4.09. The number of rotatable bonds is 2. The van der Waals surface area contributed by atoms with Gasteiger partial charge in [-0.05, 0) is 43.5 Å². The van der Waals surface area contributed by atoms with Crippen molar-refractivity contribution in [3.05, 3.63) is 29.3 Å². The molecule has 0 radical (unpaired) electrons. The van der Waals surface area contributed by atoms with Gasteiger partial charge in [0, 0.05) is 5.56 Å². The molecule has 0 heterocycles. The number of carbonyl (C=O) groups is 2. The van der Waals surface area contributed by atoms with E-state index in [1.807, 2.05) is 6.07 Å². The number of ether oxygens (including phenoxy) is 1. The highest BCUT2D eigenvalue weighted by atomic mass is 16.5. The third-order valence-electron chi connectivity index (χ3n) is 3.09. The standard InChI is InChI=1S/C13H14O3/c1-8(14)11-5-3-9-7-10(16-2)4-6-12(9)13(11)15/h4,6-7,11H,3,5H2,1-2H3/t11-/m0/s1. The molecule has 0 spiro atoms. The van der Waals surface area contributed by atoms with Crippen LogP contribution in [0.15, 0.2) is 18.2 Å². The maximum absolute atomic E-state index is 12.0. The molecule has 0 amide bonds. The largest absolute Gasteiger partial charge is 0.497 e. The van der Waals surface area contributed by atoms with Gasteiger partial charge in [0.1, 0.15) is 11.5 Å². The third kappa shape index (κ3) is 1.73. The number of hydrogen-bond acceptors (Lipinski definition) is 3. The monoisotopic (exact) mass is 218 g/mol. The molecule has 1 aromatic rings. The first-order valence-electron chi connectivity index (χ1n) is 5.35. The van der Waals surface area contributed by atoms with E-state index in [0.717, 1.165) is 17.7 Å². The number of carbonyl (C=O) groups excluding carboxylic acids is 2. The molecule has 0 unspecified atom stereocenters. The lowest BCUT2D eigenvalue weighted by atomic mass is 9.81. The molecule has 0 fully saturated rings. The van der Waals surface area contributed by atoms with Gasteiger partial charge >= 0.3 is 0 Å². The predicted molar refractivity (Wildman–Crippen MR) is 59.8 cm³/mol. The maximum atomic E-state index is 12.0. The first-order valence-corrected chi connectivity index (χ1v) is 5.35. The quantitative estimate of drug-likeness (QED) is 0.713. The van der Waals surface area contributed by atoms with Gasteiger partial charge in [0.25, 0.3) is 0 Å². The van der Waals surface area contributed by atoms with Crippen LogP contribution in [0.3, 0.4) is 0 Å². The van der Waals surface area contributed by atoms with Gasteiger partial charge in [0.15, 0.2) is 5.78 Å². The van der Waals surface area contributed by atoms with Crippen LogP contribution in [0.2, 0.25) is 0 Å². The molecule has 0 saturated carbocycles. The molecule has 0 aliphatic heterocycles. The summed E-state index contributed by atoms with van der Waals surface area (Å²) in [6.45, 7) is 1.48. The van der Waals surface area contributed by atoms with E-state index in [-0.39, 0.29) is 11.6 Å². The summed E-state index contributed by atoms with van der Waals surface area (Å²) in [5, 5.41) is 0. The number of Topliss-reactive ketones (excluding diaryl/α,β-unsaturated/α-hetero) is 2. The summed E-state index contributed by atoms with van der Waals surface area (Å²) in [7, 11) is 1.60. The van der Waals surface area contributed by atoms with E-state index >= 15 is 0 Å². The fourth-order valence-corrected chi connectivity index (χ4v) is 2.15. The van der Waals surface area contributed by atoms with Crippen LogP contribution in [0.1, 0.15) is 29.3 Å². The van der Waals surface area contributed by atoms with Crippen molar-refractivity contribution in [3.8, 4) is 5.75 Å². The molecule has 1 aliphatic rings. The summed E-state index contributed by atoms with van der Waals surface area (Å²) < 4.78 is 5.11. The molecule has 84 valence electrons. The van der Waals surface area contributed by atoms with Gasteiger partial charge < -0.3 is 4.74 Å². The summed E-state index contributed by atoms with van der Waals surface area (Å²) in [6.07, 6.45) is 1.39. The Balaban J connectivity index is 2.39. The van der Waals surface area contributed by atoms with Crippen LogP contribution in [0.4, 0.5) is 0 Å². The predicted octanol–water partition coefficient (Wildman–Crippen LogP) is 2.03. The van der Waals surface area contributed by atoms with Crippen LogP contribution in [-0.2, 0) is 11.2 Å². The van der Waals surface area contributed by atoms with Gasteiger partial charge in [0.05, 0.1) is 13.0 Å². The van der Waals surface area contributed by atoms with Gasteiger partial charge in [-0.25, -0.2) is 0 Å². The Labute approximate surface area is 94.4 Å². The normalized spacial score (nSPS) is 19.1. The molecule has 16 heavy (non-hydrogen) atoms. The fourth-order valence-electron chi connectivity index (χ4n) is 2.15. The van der Waals surface area contributed by atoms with E-state index in [0.29, 0.717) is 12.0 Å². The first-order chi connectivity index (χ1) is 7.63. The smallest absolute Gasteiger partial charge is 0.173 e. The van der Waals surface area contributed by atoms with Crippen molar-refractivity contribution in [1.82, 2.24) is 0 Å². The minimum atomic E-state index is -0.444. The number of aryl methyl sites for hydroxylation is 1. The van der Waals surface area contributed by atoms with E-state index in [4.69, 9.17) is 4.74 Å². The van der Waals surface area contributed by atoms with E-state index < -0.39 is 5.92 Å². The third-order valence-corrected chi connectivity index (χ3v) is 3.09. The number of benzene rings is 1. The van der Waals surface area contributed by atoms with Crippen LogP contribution in [-0.4, -0.2) is 18.7 Å². The van der Waals surface area contributed by atoms with E-state index in [1.165, 1.54) is 6.92 Å². The van der Waals surface area contributed by atoms with Crippen LogP contribution in [0.5, 0.6) is 5.75 Å². The van der Waals surface area contributed by atoms with Gasteiger partial charge in [-0.3, -0.25) is 9.59 Å². The Morgan fingerprint density at radius 2 is 2.19 bits per heavy atom. The average Bonchev–Trinajstić information content (AvgIpc) is 2.28. The lowest BCUT2D eigenvalue weighted by molar-refractivity contribution is -0.119. The molecular formula is C13H14O3. The molecule has 3 heteroatoms. The molecule has 0 N–H and O–H groups in total. The van der Waals surface area contributed by atoms with Crippen molar-refractivity contribution in [2.24, 2.45) is 5.92 Å². The van der Waals surface area contributed by atoms with Crippen molar-refractivity contribution in [2.45, 2.75) is 19.8 Å². The summed E-state index contributed by atoms with van der Waals surface area (Å²) in [6, 6.07) is 5.40. The summed E-state index contributed by atoms with van der Waals surface area (Å²) in [5.41, 5.74) is 1.66. The SMILES string of the molecule is COc1ccc2c(c1)CC[C@@H](C(C)=O)C2=O. The average molecular weight is 218 g/mol. The zero-order valence-corrected chi connectivity index (χ0v) is 9.45. The van der Waals surface area contributed by atoms with Crippen LogP contribution in [0, 0.1) is 5.92 Å². The summed E-state index contributed by atoms with van der Waals surface area (Å²) in [4.78, 5) is 23.3. The topological polar surface area (TPSA) is 43.4 Å². The Bertz CT molecular complexity index is 448. The maximum Gasteiger partial charge on any atom is 0.173 e. The number of methoxy groups -OCH3 is 1. The lowest BCUT2D eigenvalue weighted by Gasteiger charge is -2.21. The number of ketones is 2. The summed E-state index contributed by atoms with van der Waals surface area (Å²) >= 11 is 0. The Morgan fingerprint density at radius 1 is 1.44 bits per heavy atom. The first kappa shape index (κ1) is 10.9. The van der Waals surface area contributed by atoms with E-state index in [2.05, 4.69) is 0 Å². The van der Waals surface area contributed by atoms with Gasteiger partial charge in [-0.2, -0.15) is 0 Å². The molecule has 0 aromatic heterocycles. The van der Waals surface area contributed by atoms with Crippen LogP contribution >= 0.6 is 0 Å². The molecule has 1 aromatic carbocycles. The van der Waals surface area contributed by atoms with Crippen molar-refractivity contribution in [3.63, 3.8) is 0 Å². The van der Waals surface area contributed by atoms with E-state index in [9.17, 15) is 9.59 Å². The molecule has 0 saturated heterocycles. The molecule has 2 rings (SSSR count).